The SMILES string of the molecule is COCCOc1cn(-c2ccccc2)nc1C(=O)NCC1CNCC1O. The molecular formula is C18H24N4O4. The fourth-order valence-electron chi connectivity index (χ4n) is 2.80. The zero-order chi connectivity index (χ0) is 18.4. The molecule has 1 aromatic carbocycles. The molecular weight excluding hydrogens is 336 g/mol. The summed E-state index contributed by atoms with van der Waals surface area (Å²) in [5.74, 6) is 0.0627. The maximum atomic E-state index is 12.6. The molecule has 2 atom stereocenters. The molecule has 3 N–H and O–H groups in total. The van der Waals surface area contributed by atoms with Crippen LogP contribution in [0.15, 0.2) is 36.5 Å². The highest BCUT2D eigenvalue weighted by atomic mass is 16.5. The van der Waals surface area contributed by atoms with Crippen LogP contribution in [0.1, 0.15) is 10.5 Å². The number of nitrogens with one attached hydrogen (secondary N) is 2. The fraction of sp³-hybridized carbons (Fsp3) is 0.444. The quantitative estimate of drug-likeness (QED) is 0.582. The number of β-amino-alcohol motifs (C(OH)–C–C–N with tert-alkyl or cyclic N) is 1. The van der Waals surface area contributed by atoms with Crippen LogP contribution in [0.2, 0.25) is 0 Å². The van der Waals surface area contributed by atoms with E-state index in [0.717, 1.165) is 5.69 Å². The third kappa shape index (κ3) is 4.40. The van der Waals surface area contributed by atoms with Crippen LogP contribution < -0.4 is 15.4 Å². The summed E-state index contributed by atoms with van der Waals surface area (Å²) in [5.41, 5.74) is 1.05. The summed E-state index contributed by atoms with van der Waals surface area (Å²) in [4.78, 5) is 12.6. The average molecular weight is 360 g/mol. The van der Waals surface area contributed by atoms with E-state index in [-0.39, 0.29) is 17.5 Å². The number of benzene rings is 1. The second-order valence-electron chi connectivity index (χ2n) is 6.16. The summed E-state index contributed by atoms with van der Waals surface area (Å²) in [6.45, 7) is 2.34. The summed E-state index contributed by atoms with van der Waals surface area (Å²) in [7, 11) is 1.59. The van der Waals surface area contributed by atoms with E-state index in [4.69, 9.17) is 9.47 Å². The van der Waals surface area contributed by atoms with Gasteiger partial charge in [-0.2, -0.15) is 5.10 Å². The van der Waals surface area contributed by atoms with Gasteiger partial charge in [0.1, 0.15) is 6.61 Å². The van der Waals surface area contributed by atoms with Gasteiger partial charge in [0.05, 0.1) is 24.6 Å². The first-order valence-electron chi connectivity index (χ1n) is 8.63. The van der Waals surface area contributed by atoms with Gasteiger partial charge in [-0.25, -0.2) is 4.68 Å². The number of rotatable bonds is 8. The first-order valence-corrected chi connectivity index (χ1v) is 8.63. The molecule has 26 heavy (non-hydrogen) atoms. The summed E-state index contributed by atoms with van der Waals surface area (Å²) in [5, 5.41) is 20.2. The van der Waals surface area contributed by atoms with Crippen molar-refractivity contribution in [1.82, 2.24) is 20.4 Å². The van der Waals surface area contributed by atoms with Crippen molar-refractivity contribution in [1.29, 1.82) is 0 Å². The van der Waals surface area contributed by atoms with Crippen molar-refractivity contribution in [2.24, 2.45) is 5.92 Å². The zero-order valence-corrected chi connectivity index (χ0v) is 14.7. The van der Waals surface area contributed by atoms with Crippen LogP contribution in [0.4, 0.5) is 0 Å². The van der Waals surface area contributed by atoms with Gasteiger partial charge in [0.2, 0.25) is 0 Å². The Morgan fingerprint density at radius 2 is 2.15 bits per heavy atom. The second-order valence-corrected chi connectivity index (χ2v) is 6.16. The third-order valence-electron chi connectivity index (χ3n) is 4.29. The monoisotopic (exact) mass is 360 g/mol. The Kier molecular flexibility index (Phi) is 6.21. The number of para-hydroxylation sites is 1. The van der Waals surface area contributed by atoms with Crippen LogP contribution >= 0.6 is 0 Å². The normalized spacial score (nSPS) is 19.5. The number of methoxy groups -OCH3 is 1. The number of aromatic nitrogens is 2. The summed E-state index contributed by atoms with van der Waals surface area (Å²) in [6.07, 6.45) is 1.24. The predicted octanol–water partition coefficient (Wildman–Crippen LogP) is 0.208. The first kappa shape index (κ1) is 18.4. The van der Waals surface area contributed by atoms with Crippen molar-refractivity contribution in [3.63, 3.8) is 0 Å². The van der Waals surface area contributed by atoms with Crippen LogP contribution in [-0.4, -0.2) is 66.9 Å². The minimum Gasteiger partial charge on any atom is -0.487 e. The molecule has 0 aliphatic carbocycles. The smallest absolute Gasteiger partial charge is 0.275 e. The number of hydrogen-bond acceptors (Lipinski definition) is 6. The highest BCUT2D eigenvalue weighted by molar-refractivity contribution is 5.95. The number of hydrogen-bond donors (Lipinski definition) is 3. The van der Waals surface area contributed by atoms with Crippen molar-refractivity contribution in [2.45, 2.75) is 6.10 Å². The van der Waals surface area contributed by atoms with Gasteiger partial charge in [-0.15, -0.1) is 0 Å². The molecule has 0 radical (unpaired) electrons. The maximum Gasteiger partial charge on any atom is 0.275 e. The zero-order valence-electron chi connectivity index (χ0n) is 14.7. The van der Waals surface area contributed by atoms with Crippen molar-refractivity contribution in [2.75, 3.05) is 40.0 Å². The predicted molar refractivity (Wildman–Crippen MR) is 95.6 cm³/mol. The lowest BCUT2D eigenvalue weighted by Gasteiger charge is -2.13. The summed E-state index contributed by atoms with van der Waals surface area (Å²) < 4.78 is 12.3. The fourth-order valence-corrected chi connectivity index (χ4v) is 2.80. The molecule has 0 saturated carbocycles. The van der Waals surface area contributed by atoms with E-state index >= 15 is 0 Å². The van der Waals surface area contributed by atoms with E-state index in [2.05, 4.69) is 15.7 Å². The third-order valence-corrected chi connectivity index (χ3v) is 4.29. The Morgan fingerprint density at radius 3 is 2.85 bits per heavy atom. The number of carbonyl (C=O) groups excluding carboxylic acids is 1. The van der Waals surface area contributed by atoms with Gasteiger partial charge in [0.25, 0.3) is 5.91 Å². The van der Waals surface area contributed by atoms with Crippen LogP contribution in [0.3, 0.4) is 0 Å². The molecule has 1 fully saturated rings. The van der Waals surface area contributed by atoms with Crippen molar-refractivity contribution in [3.8, 4) is 11.4 Å². The Balaban J connectivity index is 1.74. The Morgan fingerprint density at radius 1 is 1.35 bits per heavy atom. The summed E-state index contributed by atoms with van der Waals surface area (Å²) >= 11 is 0. The molecule has 3 rings (SSSR count). The molecule has 1 aliphatic rings. The lowest BCUT2D eigenvalue weighted by molar-refractivity contribution is 0.0914. The van der Waals surface area contributed by atoms with Gasteiger partial charge >= 0.3 is 0 Å². The van der Waals surface area contributed by atoms with Gasteiger partial charge in [-0.05, 0) is 12.1 Å². The van der Waals surface area contributed by atoms with Crippen molar-refractivity contribution in [3.05, 3.63) is 42.2 Å². The number of amides is 1. The van der Waals surface area contributed by atoms with E-state index in [1.807, 2.05) is 30.3 Å². The Bertz CT molecular complexity index is 719. The second kappa shape index (κ2) is 8.79. The molecule has 0 spiro atoms. The summed E-state index contributed by atoms with van der Waals surface area (Å²) in [6, 6.07) is 9.51. The average Bonchev–Trinajstić information content (AvgIpc) is 3.27. The van der Waals surface area contributed by atoms with E-state index in [1.54, 1.807) is 18.0 Å². The minimum atomic E-state index is -0.449. The van der Waals surface area contributed by atoms with Gasteiger partial charge in [-0.1, -0.05) is 18.2 Å². The van der Waals surface area contributed by atoms with Crippen LogP contribution in [0, 0.1) is 5.92 Å². The van der Waals surface area contributed by atoms with E-state index in [0.29, 0.717) is 38.6 Å². The van der Waals surface area contributed by atoms with Crippen molar-refractivity contribution < 1.29 is 19.4 Å². The number of carbonyl (C=O) groups is 1. The molecule has 8 heteroatoms. The molecule has 1 amide bonds. The molecule has 2 unspecified atom stereocenters. The molecule has 0 bridgehead atoms. The Labute approximate surface area is 152 Å². The molecule has 1 saturated heterocycles. The minimum absolute atomic E-state index is 0.00646. The number of ether oxygens (including phenoxy) is 2. The lowest BCUT2D eigenvalue weighted by Crippen LogP contribution is -2.34. The van der Waals surface area contributed by atoms with E-state index in [9.17, 15) is 9.90 Å². The Hall–Kier alpha value is -2.42. The standard InChI is InChI=1S/C18H24N4O4/c1-25-7-8-26-16-12-22(14-5-3-2-4-6-14)21-17(16)18(24)20-10-13-9-19-11-15(13)23/h2-6,12-13,15,19,23H,7-11H2,1H3,(H,20,24). The number of aliphatic hydroxyl groups is 1. The first-order chi connectivity index (χ1) is 12.7. The molecule has 8 nitrogen and oxygen atoms in total. The van der Waals surface area contributed by atoms with Crippen molar-refractivity contribution >= 4 is 5.91 Å². The number of aliphatic hydroxyl groups excluding tert-OH is 1. The largest absolute Gasteiger partial charge is 0.487 e. The highest BCUT2D eigenvalue weighted by Gasteiger charge is 2.26. The molecule has 2 heterocycles. The topological polar surface area (TPSA) is 97.6 Å². The van der Waals surface area contributed by atoms with Gasteiger partial charge in [-0.3, -0.25) is 4.79 Å². The lowest BCUT2D eigenvalue weighted by atomic mass is 10.1. The molecule has 2 aromatic rings. The van der Waals surface area contributed by atoms with Crippen LogP contribution in [-0.2, 0) is 4.74 Å². The molecule has 1 aliphatic heterocycles. The number of nitrogens with zero attached hydrogens (tertiary/aromatic N) is 2. The highest BCUT2D eigenvalue weighted by Crippen LogP contribution is 2.20. The molecule has 140 valence electrons. The van der Waals surface area contributed by atoms with E-state index in [1.165, 1.54) is 0 Å². The molecule has 1 aromatic heterocycles. The van der Waals surface area contributed by atoms with E-state index < -0.39 is 6.10 Å². The maximum absolute atomic E-state index is 12.6. The van der Waals surface area contributed by atoms with Gasteiger partial charge in [0.15, 0.2) is 11.4 Å². The van der Waals surface area contributed by atoms with Crippen LogP contribution in [0.25, 0.3) is 5.69 Å². The van der Waals surface area contributed by atoms with Gasteiger partial charge < -0.3 is 25.2 Å². The van der Waals surface area contributed by atoms with Gasteiger partial charge in [0, 0.05) is 32.7 Å². The van der Waals surface area contributed by atoms with Crippen LogP contribution in [0.5, 0.6) is 5.75 Å².